The number of aromatic amines is 2. The number of ether oxygens (including phenoxy) is 1. The number of H-pyrrole nitrogens is 2. The number of carbonyl (C=O) groups is 1. The molecule has 7 heterocycles. The molecule has 0 radical (unpaired) electrons. The van der Waals surface area contributed by atoms with Crippen LogP contribution in [0.5, 0.6) is 0 Å². The van der Waals surface area contributed by atoms with E-state index in [9.17, 15) is 4.79 Å². The molecule has 252 valence electrons. The van der Waals surface area contributed by atoms with E-state index in [1.807, 2.05) is 12.4 Å². The van der Waals surface area contributed by atoms with Gasteiger partial charge >= 0.3 is 6.09 Å². The Balaban J connectivity index is 0.000000326. The lowest BCUT2D eigenvalue weighted by Gasteiger charge is -2.18. The Kier molecular flexibility index (Phi) is 7.95. The van der Waals surface area contributed by atoms with Gasteiger partial charge in [0.05, 0.1) is 41.7 Å². The first-order valence-electron chi connectivity index (χ1n) is 17.1. The van der Waals surface area contributed by atoms with Crippen LogP contribution in [-0.4, -0.2) is 102 Å². The fourth-order valence-corrected chi connectivity index (χ4v) is 8.37. The van der Waals surface area contributed by atoms with E-state index in [2.05, 4.69) is 75.1 Å². The predicted octanol–water partition coefficient (Wildman–Crippen LogP) is 4.52. The van der Waals surface area contributed by atoms with Crippen LogP contribution < -0.4 is 0 Å². The average molecular weight is 656 g/mol. The first-order chi connectivity index (χ1) is 23.4. The molecule has 6 aromatic heterocycles. The van der Waals surface area contributed by atoms with Gasteiger partial charge in [-0.25, -0.2) is 14.8 Å². The minimum absolute atomic E-state index is 0.216. The fourth-order valence-electron chi connectivity index (χ4n) is 8.37. The van der Waals surface area contributed by atoms with Crippen molar-refractivity contribution in [2.45, 2.75) is 88.9 Å². The molecule has 1 aliphatic heterocycles. The summed E-state index contributed by atoms with van der Waals surface area (Å²) in [6, 6.07) is 4.11. The maximum Gasteiger partial charge on any atom is 0.407 e. The summed E-state index contributed by atoms with van der Waals surface area (Å²) < 4.78 is 11.3. The van der Waals surface area contributed by atoms with E-state index in [0.29, 0.717) is 36.6 Å². The summed E-state index contributed by atoms with van der Waals surface area (Å²) in [5.74, 6) is 3.71. The van der Waals surface area contributed by atoms with Gasteiger partial charge in [-0.1, -0.05) is 26.7 Å². The van der Waals surface area contributed by atoms with Crippen LogP contribution in [0.25, 0.3) is 33.6 Å². The van der Waals surface area contributed by atoms with Crippen LogP contribution in [0.2, 0.25) is 0 Å². The van der Waals surface area contributed by atoms with Gasteiger partial charge in [0.1, 0.15) is 11.6 Å². The second kappa shape index (κ2) is 12.4. The van der Waals surface area contributed by atoms with Gasteiger partial charge in [0.15, 0.2) is 22.6 Å². The average Bonchev–Trinajstić information content (AvgIpc) is 3.92. The van der Waals surface area contributed by atoms with Crippen molar-refractivity contribution < 1.29 is 19.7 Å². The van der Waals surface area contributed by atoms with Gasteiger partial charge in [-0.15, -0.1) is 20.4 Å². The van der Waals surface area contributed by atoms with Crippen LogP contribution in [0.15, 0.2) is 36.9 Å². The summed E-state index contributed by atoms with van der Waals surface area (Å²) >= 11 is 0. The third kappa shape index (κ3) is 5.34. The fraction of sp³-hybridized carbons (Fsp3) is 0.545. The number of nitrogens with zero attached hydrogens (tertiary/aromatic N) is 9. The molecule has 2 saturated carbocycles. The Morgan fingerprint density at radius 2 is 1.35 bits per heavy atom. The van der Waals surface area contributed by atoms with E-state index in [1.165, 1.54) is 4.90 Å². The minimum atomic E-state index is -0.938. The van der Waals surface area contributed by atoms with E-state index >= 15 is 0 Å². The molecular weight excluding hydrogens is 614 g/mol. The molecule has 6 aromatic rings. The summed E-state index contributed by atoms with van der Waals surface area (Å²) in [5.41, 5.74) is 5.38. The molecule has 0 unspecified atom stereocenters. The normalized spacial score (nSPS) is 27.5. The van der Waals surface area contributed by atoms with Crippen molar-refractivity contribution in [3.05, 3.63) is 48.6 Å². The highest BCUT2D eigenvalue weighted by Gasteiger charge is 2.43. The van der Waals surface area contributed by atoms with Crippen LogP contribution in [0.1, 0.15) is 82.3 Å². The lowest BCUT2D eigenvalue weighted by Crippen LogP contribution is -2.27. The number of rotatable bonds is 6. The van der Waals surface area contributed by atoms with Gasteiger partial charge in [-0.05, 0) is 56.1 Å². The third-order valence-electron chi connectivity index (χ3n) is 10.8. The molecule has 15 nitrogen and oxygen atoms in total. The number of aliphatic hydroxyl groups excluding tert-OH is 1. The largest absolute Gasteiger partial charge is 0.465 e. The molecule has 15 heteroatoms. The van der Waals surface area contributed by atoms with E-state index in [0.717, 1.165) is 83.8 Å². The zero-order chi connectivity index (χ0) is 32.9. The van der Waals surface area contributed by atoms with Gasteiger partial charge in [0.25, 0.3) is 0 Å². The second-order valence-electron chi connectivity index (χ2n) is 13.5. The summed E-state index contributed by atoms with van der Waals surface area (Å²) in [4.78, 5) is 26.8. The molecule has 3 fully saturated rings. The Morgan fingerprint density at radius 1 is 0.833 bits per heavy atom. The number of fused-ring (bicyclic) bond motifs is 6. The smallest absolute Gasteiger partial charge is 0.407 e. The van der Waals surface area contributed by atoms with Crippen molar-refractivity contribution in [1.29, 1.82) is 0 Å². The monoisotopic (exact) mass is 655 g/mol. The van der Waals surface area contributed by atoms with E-state index in [4.69, 9.17) is 14.9 Å². The maximum absolute atomic E-state index is 10.2. The lowest BCUT2D eigenvalue weighted by molar-refractivity contribution is -0.00877. The van der Waals surface area contributed by atoms with Crippen molar-refractivity contribution >= 4 is 39.7 Å². The zero-order valence-corrected chi connectivity index (χ0v) is 27.1. The third-order valence-corrected chi connectivity index (χ3v) is 10.8. The first kappa shape index (κ1) is 30.7. The molecule has 3 aliphatic rings. The SMILES string of the molecule is CC[C@@H]1C[C@H](O[C@H]2C[C@@H](CC)[C@@H](c3nnc4cnc5[nH]ccc5n34)C2)C[C@@H]1c1nnc2cnc3[nH]ccc3n12.O=C(O)N1CC[C@H](O)C1. The van der Waals surface area contributed by atoms with E-state index in [-0.39, 0.29) is 18.8 Å². The zero-order valence-electron chi connectivity index (χ0n) is 27.1. The van der Waals surface area contributed by atoms with Gasteiger partial charge in [-0.2, -0.15) is 0 Å². The van der Waals surface area contributed by atoms with Crippen LogP contribution in [0.4, 0.5) is 4.79 Å². The van der Waals surface area contributed by atoms with Crippen LogP contribution in [0, 0.1) is 11.8 Å². The van der Waals surface area contributed by atoms with Crippen molar-refractivity contribution in [3.8, 4) is 0 Å². The highest BCUT2D eigenvalue weighted by Crippen LogP contribution is 2.47. The molecule has 2 aliphatic carbocycles. The van der Waals surface area contributed by atoms with Crippen molar-refractivity contribution in [3.63, 3.8) is 0 Å². The summed E-state index contributed by atoms with van der Waals surface area (Å²) in [6.45, 7) is 5.30. The second-order valence-corrected chi connectivity index (χ2v) is 13.5. The minimum Gasteiger partial charge on any atom is -0.465 e. The Labute approximate surface area is 275 Å². The molecule has 9 rings (SSSR count). The highest BCUT2D eigenvalue weighted by atomic mass is 16.5. The molecule has 0 bridgehead atoms. The van der Waals surface area contributed by atoms with Crippen LogP contribution in [-0.2, 0) is 4.74 Å². The quantitative estimate of drug-likeness (QED) is 0.199. The number of amides is 1. The molecule has 0 spiro atoms. The molecule has 0 aromatic carbocycles. The molecule has 1 amide bonds. The van der Waals surface area contributed by atoms with Crippen molar-refractivity contribution in [2.24, 2.45) is 11.8 Å². The Morgan fingerprint density at radius 3 is 1.77 bits per heavy atom. The van der Waals surface area contributed by atoms with Gasteiger partial charge in [0, 0.05) is 37.3 Å². The van der Waals surface area contributed by atoms with Gasteiger partial charge in [-0.3, -0.25) is 8.80 Å². The molecule has 4 N–H and O–H groups in total. The van der Waals surface area contributed by atoms with Crippen LogP contribution >= 0.6 is 0 Å². The Hall–Kier alpha value is -4.63. The first-order valence-corrected chi connectivity index (χ1v) is 17.1. The lowest BCUT2D eigenvalue weighted by atomic mass is 9.93. The number of likely N-dealkylation sites (tertiary alicyclic amines) is 1. The molecular formula is C33H41N11O4. The number of hydrogen-bond donors (Lipinski definition) is 4. The van der Waals surface area contributed by atoms with E-state index in [1.54, 1.807) is 12.4 Å². The molecule has 7 atom stereocenters. The van der Waals surface area contributed by atoms with Crippen molar-refractivity contribution in [2.75, 3.05) is 13.1 Å². The van der Waals surface area contributed by atoms with E-state index < -0.39 is 12.2 Å². The van der Waals surface area contributed by atoms with Crippen LogP contribution in [0.3, 0.4) is 0 Å². The van der Waals surface area contributed by atoms with Crippen molar-refractivity contribution in [1.82, 2.24) is 54.0 Å². The summed E-state index contributed by atoms with van der Waals surface area (Å²) in [6.07, 6.45) is 13.3. The van der Waals surface area contributed by atoms with Gasteiger partial charge < -0.3 is 29.8 Å². The molecule has 48 heavy (non-hydrogen) atoms. The highest BCUT2D eigenvalue weighted by molar-refractivity contribution is 5.75. The number of carboxylic acid groups (broad SMARTS) is 1. The maximum atomic E-state index is 10.2. The number of aromatic nitrogens is 10. The Bertz CT molecular complexity index is 1940. The number of aliphatic hydroxyl groups is 1. The molecule has 1 saturated heterocycles. The summed E-state index contributed by atoms with van der Waals surface area (Å²) in [7, 11) is 0. The topological polar surface area (TPSA) is 188 Å². The van der Waals surface area contributed by atoms with Gasteiger partial charge in [0.2, 0.25) is 0 Å². The number of β-amino-alcohol motifs (C(OH)–C–C–N with tert-alkyl or cyclic N) is 1. The number of nitrogens with one attached hydrogen (secondary N) is 2. The predicted molar refractivity (Wildman–Crippen MR) is 176 cm³/mol. The standard InChI is InChI=1S/C28H32N10O.C5H9NO3/c1-3-15-9-17(11-19(15)27-35-33-23-13-31-25-21(37(23)27)5-7-29-25)39-18-10-16(4-2)20(12-18)28-36-34-24-14-32-26-22(38(24)28)6-8-30-26;7-4-1-2-6(3-4)5(8)9/h5-8,13-20,29-30H,3-4,9-12H2,1-2H3;4,7H,1-3H2,(H,8,9)/t15-,16-,17+,18+,19+,20+;4-/m10/s1. The number of hydrogen-bond acceptors (Lipinski definition) is 9. The summed E-state index contributed by atoms with van der Waals surface area (Å²) in [5, 5.41) is 35.5.